The van der Waals surface area contributed by atoms with E-state index >= 15 is 0 Å². The van der Waals surface area contributed by atoms with Crippen LogP contribution >= 0.6 is 0 Å². The largest absolute Gasteiger partial charge is 0.355 e. The Labute approximate surface area is 136 Å². The Morgan fingerprint density at radius 1 is 1.00 bits per heavy atom. The number of allylic oxidation sites excluding steroid dienone is 1. The highest BCUT2D eigenvalue weighted by molar-refractivity contribution is 6.06. The second-order valence-corrected chi connectivity index (χ2v) is 5.41. The van der Waals surface area contributed by atoms with E-state index in [1.54, 1.807) is 6.08 Å². The number of aryl methyl sites for hydroxylation is 1. The highest BCUT2D eigenvalue weighted by Gasteiger charge is 2.07. The molecule has 3 rings (SSSR count). The number of benzene rings is 2. The molecule has 2 heteroatoms. The molecule has 23 heavy (non-hydrogen) atoms. The zero-order valence-corrected chi connectivity index (χ0v) is 13.1. The summed E-state index contributed by atoms with van der Waals surface area (Å²) in [5.41, 5.74) is 5.19. The maximum Gasteiger partial charge on any atom is 0.185 e. The first kappa shape index (κ1) is 15.0. The average molecular weight is 301 g/mol. The van der Waals surface area contributed by atoms with E-state index in [0.29, 0.717) is 5.56 Å². The predicted octanol–water partition coefficient (Wildman–Crippen LogP) is 5.14. The van der Waals surface area contributed by atoms with Crippen molar-refractivity contribution in [1.82, 2.24) is 4.98 Å². The number of aromatic nitrogens is 1. The van der Waals surface area contributed by atoms with E-state index < -0.39 is 0 Å². The summed E-state index contributed by atoms with van der Waals surface area (Å²) in [5, 5.41) is 0. The summed E-state index contributed by atoms with van der Waals surface area (Å²) < 4.78 is 0. The van der Waals surface area contributed by atoms with E-state index in [-0.39, 0.29) is 5.78 Å². The molecule has 0 fully saturated rings. The number of rotatable bonds is 5. The van der Waals surface area contributed by atoms with Crippen molar-refractivity contribution in [3.8, 4) is 11.3 Å². The Balaban J connectivity index is 1.86. The lowest BCUT2D eigenvalue weighted by molar-refractivity contribution is 0.104. The van der Waals surface area contributed by atoms with Crippen molar-refractivity contribution in [2.75, 3.05) is 0 Å². The fourth-order valence-corrected chi connectivity index (χ4v) is 2.62. The maximum atomic E-state index is 12.1. The van der Waals surface area contributed by atoms with Gasteiger partial charge >= 0.3 is 0 Å². The average Bonchev–Trinajstić information content (AvgIpc) is 3.04. The highest BCUT2D eigenvalue weighted by atomic mass is 16.1. The lowest BCUT2D eigenvalue weighted by atomic mass is 10.1. The molecule has 0 bridgehead atoms. The molecule has 0 saturated heterocycles. The molecule has 0 atom stereocenters. The molecule has 1 aromatic heterocycles. The third kappa shape index (κ3) is 3.49. The van der Waals surface area contributed by atoms with Crippen molar-refractivity contribution in [2.45, 2.75) is 13.3 Å². The molecule has 1 N–H and O–H groups in total. The number of H-pyrrole nitrogens is 1. The summed E-state index contributed by atoms with van der Waals surface area (Å²) in [6.45, 7) is 2.14. The third-order valence-electron chi connectivity index (χ3n) is 3.84. The minimum atomic E-state index is 0.0134. The van der Waals surface area contributed by atoms with Crippen LogP contribution in [0.4, 0.5) is 0 Å². The molecule has 0 aliphatic heterocycles. The van der Waals surface area contributed by atoms with Crippen LogP contribution in [0.3, 0.4) is 0 Å². The van der Waals surface area contributed by atoms with Crippen LogP contribution in [-0.2, 0) is 6.42 Å². The molecular formula is C21H19NO. The monoisotopic (exact) mass is 301 g/mol. The van der Waals surface area contributed by atoms with Gasteiger partial charge in [-0.05, 0) is 35.8 Å². The summed E-state index contributed by atoms with van der Waals surface area (Å²) in [4.78, 5) is 15.6. The molecule has 3 aromatic rings. The Morgan fingerprint density at radius 2 is 1.65 bits per heavy atom. The number of ketones is 1. The Bertz CT molecular complexity index is 814. The number of hydrogen-bond acceptors (Lipinski definition) is 1. The molecule has 0 aliphatic rings. The first-order valence-corrected chi connectivity index (χ1v) is 7.82. The summed E-state index contributed by atoms with van der Waals surface area (Å²) in [5.74, 6) is 0.0134. The van der Waals surface area contributed by atoms with Crippen LogP contribution in [0.2, 0.25) is 0 Å². The van der Waals surface area contributed by atoms with E-state index in [0.717, 1.165) is 17.8 Å². The van der Waals surface area contributed by atoms with Crippen LogP contribution in [-0.4, -0.2) is 10.8 Å². The summed E-state index contributed by atoms with van der Waals surface area (Å²) >= 11 is 0. The van der Waals surface area contributed by atoms with Gasteiger partial charge in [0.1, 0.15) is 0 Å². The standard InChI is InChI=1S/C21H19NO/c1-2-16-15-19(22-21(16)18-11-7-4-8-12-18)13-14-20(23)17-9-5-3-6-10-17/h3-15,22H,2H2,1H3/b14-13-. The molecular weight excluding hydrogens is 282 g/mol. The number of aromatic amines is 1. The van der Waals surface area contributed by atoms with Gasteiger partial charge in [-0.15, -0.1) is 0 Å². The Morgan fingerprint density at radius 3 is 2.30 bits per heavy atom. The molecule has 0 amide bonds. The van der Waals surface area contributed by atoms with Gasteiger partial charge in [-0.3, -0.25) is 4.79 Å². The van der Waals surface area contributed by atoms with Gasteiger partial charge in [-0.2, -0.15) is 0 Å². The normalized spacial score (nSPS) is 11.0. The van der Waals surface area contributed by atoms with Gasteiger partial charge in [-0.25, -0.2) is 0 Å². The number of carbonyl (C=O) groups is 1. The van der Waals surface area contributed by atoms with E-state index in [4.69, 9.17) is 0 Å². The van der Waals surface area contributed by atoms with Crippen molar-refractivity contribution in [3.05, 3.63) is 89.6 Å². The molecule has 0 saturated carbocycles. The van der Waals surface area contributed by atoms with Crippen LogP contribution < -0.4 is 0 Å². The quantitative estimate of drug-likeness (QED) is 0.513. The van der Waals surface area contributed by atoms with Gasteiger partial charge in [0.2, 0.25) is 0 Å². The number of hydrogen-bond donors (Lipinski definition) is 1. The van der Waals surface area contributed by atoms with Gasteiger partial charge in [0.15, 0.2) is 5.78 Å². The van der Waals surface area contributed by atoms with E-state index in [1.165, 1.54) is 11.1 Å². The first-order chi connectivity index (χ1) is 11.3. The van der Waals surface area contributed by atoms with Gasteiger partial charge in [-0.1, -0.05) is 67.6 Å². The fraction of sp³-hybridized carbons (Fsp3) is 0.0952. The maximum absolute atomic E-state index is 12.1. The molecule has 1 heterocycles. The van der Waals surface area contributed by atoms with Crippen molar-refractivity contribution < 1.29 is 4.79 Å². The van der Waals surface area contributed by atoms with Crippen molar-refractivity contribution >= 4 is 11.9 Å². The van der Waals surface area contributed by atoms with E-state index in [2.05, 4.69) is 30.1 Å². The number of carbonyl (C=O) groups excluding carboxylic acids is 1. The lowest BCUT2D eigenvalue weighted by Crippen LogP contribution is -1.92. The number of nitrogens with one attached hydrogen (secondary N) is 1. The van der Waals surface area contributed by atoms with Crippen molar-refractivity contribution in [3.63, 3.8) is 0 Å². The smallest absolute Gasteiger partial charge is 0.185 e. The van der Waals surface area contributed by atoms with E-state index in [1.807, 2.05) is 54.6 Å². The molecule has 2 nitrogen and oxygen atoms in total. The second kappa shape index (κ2) is 6.93. The van der Waals surface area contributed by atoms with E-state index in [9.17, 15) is 4.79 Å². The zero-order chi connectivity index (χ0) is 16.1. The third-order valence-corrected chi connectivity index (χ3v) is 3.84. The summed E-state index contributed by atoms with van der Waals surface area (Å²) in [6, 6.07) is 21.7. The van der Waals surface area contributed by atoms with Crippen LogP contribution in [0.25, 0.3) is 17.3 Å². The van der Waals surface area contributed by atoms with Gasteiger partial charge in [0, 0.05) is 17.0 Å². The minimum absolute atomic E-state index is 0.0134. The lowest BCUT2D eigenvalue weighted by Gasteiger charge is -2.01. The molecule has 114 valence electrons. The van der Waals surface area contributed by atoms with Crippen LogP contribution in [0.15, 0.2) is 72.8 Å². The van der Waals surface area contributed by atoms with Gasteiger partial charge in [0.05, 0.1) is 0 Å². The SMILES string of the molecule is CCc1cc(/C=C\C(=O)c2ccccc2)[nH]c1-c1ccccc1. The molecule has 0 spiro atoms. The molecule has 0 unspecified atom stereocenters. The first-order valence-electron chi connectivity index (χ1n) is 7.82. The Hall–Kier alpha value is -2.87. The topological polar surface area (TPSA) is 32.9 Å². The summed E-state index contributed by atoms with van der Waals surface area (Å²) in [7, 11) is 0. The van der Waals surface area contributed by atoms with Crippen LogP contribution in [0.5, 0.6) is 0 Å². The van der Waals surface area contributed by atoms with Crippen molar-refractivity contribution in [2.24, 2.45) is 0 Å². The van der Waals surface area contributed by atoms with Gasteiger partial charge < -0.3 is 4.98 Å². The van der Waals surface area contributed by atoms with Crippen LogP contribution in [0, 0.1) is 0 Å². The van der Waals surface area contributed by atoms with Crippen molar-refractivity contribution in [1.29, 1.82) is 0 Å². The predicted molar refractivity (Wildman–Crippen MR) is 95.4 cm³/mol. The highest BCUT2D eigenvalue weighted by Crippen LogP contribution is 2.24. The zero-order valence-electron chi connectivity index (χ0n) is 13.1. The molecule has 0 aliphatic carbocycles. The molecule has 0 radical (unpaired) electrons. The van der Waals surface area contributed by atoms with Gasteiger partial charge in [0.25, 0.3) is 0 Å². The minimum Gasteiger partial charge on any atom is -0.355 e. The van der Waals surface area contributed by atoms with Crippen LogP contribution in [0.1, 0.15) is 28.5 Å². The Kier molecular flexibility index (Phi) is 4.53. The summed E-state index contributed by atoms with van der Waals surface area (Å²) in [6.07, 6.45) is 4.41. The fourth-order valence-electron chi connectivity index (χ4n) is 2.62. The molecule has 2 aromatic carbocycles. The second-order valence-electron chi connectivity index (χ2n) is 5.41.